The minimum Gasteiger partial charge on any atom is -0.393 e. The number of nitrogens with two attached hydrogens (primary N) is 1. The lowest BCUT2D eigenvalue weighted by Crippen LogP contribution is -2.20. The lowest BCUT2D eigenvalue weighted by molar-refractivity contribution is -0.114. The molecule has 0 aliphatic carbocycles. The standard InChI is InChI=1S/C17H22N6O2/c1-11(24)22-12-4-6-13(7-5-12)23-17-15(18)16(20-10-21-17)19-9-14-3-2-8-25-14/h4-7,10,14H,2-3,8-9,18H2,1H3,(H,22,24)(H2,19,20,21,23). The van der Waals surface area contributed by atoms with E-state index in [2.05, 4.69) is 25.9 Å². The molecule has 132 valence electrons. The predicted molar refractivity (Wildman–Crippen MR) is 97.9 cm³/mol. The summed E-state index contributed by atoms with van der Waals surface area (Å²) < 4.78 is 5.59. The molecule has 8 nitrogen and oxygen atoms in total. The number of nitrogen functional groups attached to an aromatic ring is 1. The molecule has 2 heterocycles. The van der Waals surface area contributed by atoms with Gasteiger partial charge in [-0.3, -0.25) is 4.79 Å². The number of benzene rings is 1. The van der Waals surface area contributed by atoms with Gasteiger partial charge in [-0.1, -0.05) is 0 Å². The van der Waals surface area contributed by atoms with Gasteiger partial charge in [0.2, 0.25) is 5.91 Å². The van der Waals surface area contributed by atoms with Gasteiger partial charge in [0.25, 0.3) is 0 Å². The van der Waals surface area contributed by atoms with Crippen LogP contribution in [-0.4, -0.2) is 35.1 Å². The van der Waals surface area contributed by atoms with Crippen LogP contribution in [0.4, 0.5) is 28.7 Å². The molecule has 0 spiro atoms. The largest absolute Gasteiger partial charge is 0.393 e. The molecule has 0 saturated carbocycles. The van der Waals surface area contributed by atoms with E-state index >= 15 is 0 Å². The van der Waals surface area contributed by atoms with Crippen molar-refractivity contribution >= 4 is 34.6 Å². The number of rotatable bonds is 6. The van der Waals surface area contributed by atoms with Gasteiger partial charge in [-0.25, -0.2) is 9.97 Å². The normalized spacial score (nSPS) is 16.4. The summed E-state index contributed by atoms with van der Waals surface area (Å²) in [6.07, 6.45) is 3.80. The van der Waals surface area contributed by atoms with Crippen LogP contribution in [0.2, 0.25) is 0 Å². The van der Waals surface area contributed by atoms with E-state index in [1.54, 1.807) is 12.1 Å². The number of anilines is 5. The molecular weight excluding hydrogens is 320 g/mol. The summed E-state index contributed by atoms with van der Waals surface area (Å²) in [4.78, 5) is 19.4. The second-order valence-corrected chi connectivity index (χ2v) is 5.88. The number of hydrogen-bond donors (Lipinski definition) is 4. The molecule has 3 rings (SSSR count). The van der Waals surface area contributed by atoms with E-state index in [1.165, 1.54) is 13.3 Å². The highest BCUT2D eigenvalue weighted by atomic mass is 16.5. The van der Waals surface area contributed by atoms with Crippen LogP contribution in [0.5, 0.6) is 0 Å². The smallest absolute Gasteiger partial charge is 0.221 e. The number of ether oxygens (including phenoxy) is 1. The maximum Gasteiger partial charge on any atom is 0.221 e. The van der Waals surface area contributed by atoms with Gasteiger partial charge < -0.3 is 26.4 Å². The van der Waals surface area contributed by atoms with E-state index in [0.29, 0.717) is 23.9 Å². The molecule has 1 atom stereocenters. The fourth-order valence-electron chi connectivity index (χ4n) is 2.63. The van der Waals surface area contributed by atoms with Crippen LogP contribution in [0.3, 0.4) is 0 Å². The number of aromatic nitrogens is 2. The Bertz CT molecular complexity index is 728. The van der Waals surface area contributed by atoms with Gasteiger partial charge in [-0.05, 0) is 37.1 Å². The molecule has 1 aromatic heterocycles. The Labute approximate surface area is 146 Å². The highest BCUT2D eigenvalue weighted by Gasteiger charge is 2.16. The van der Waals surface area contributed by atoms with E-state index in [9.17, 15) is 4.79 Å². The molecule has 1 aromatic carbocycles. The SMILES string of the molecule is CC(=O)Nc1ccc(Nc2ncnc(NCC3CCCO3)c2N)cc1. The van der Waals surface area contributed by atoms with Crippen molar-refractivity contribution in [3.05, 3.63) is 30.6 Å². The van der Waals surface area contributed by atoms with E-state index in [-0.39, 0.29) is 12.0 Å². The summed E-state index contributed by atoms with van der Waals surface area (Å²) >= 11 is 0. The minimum absolute atomic E-state index is 0.109. The van der Waals surface area contributed by atoms with Gasteiger partial charge in [0.1, 0.15) is 12.0 Å². The highest BCUT2D eigenvalue weighted by molar-refractivity contribution is 5.89. The van der Waals surface area contributed by atoms with Crippen LogP contribution in [0.1, 0.15) is 19.8 Å². The van der Waals surface area contributed by atoms with Gasteiger partial charge in [0.15, 0.2) is 11.6 Å². The van der Waals surface area contributed by atoms with Crippen LogP contribution >= 0.6 is 0 Å². The molecule has 0 radical (unpaired) electrons. The number of amides is 1. The van der Waals surface area contributed by atoms with Gasteiger partial charge in [0, 0.05) is 31.5 Å². The third-order valence-electron chi connectivity index (χ3n) is 3.87. The Morgan fingerprint density at radius 1 is 1.24 bits per heavy atom. The van der Waals surface area contributed by atoms with Crippen LogP contribution < -0.4 is 21.7 Å². The van der Waals surface area contributed by atoms with Crippen molar-refractivity contribution < 1.29 is 9.53 Å². The van der Waals surface area contributed by atoms with Crippen molar-refractivity contribution in [2.45, 2.75) is 25.9 Å². The zero-order valence-corrected chi connectivity index (χ0v) is 14.1. The molecule has 1 unspecified atom stereocenters. The summed E-state index contributed by atoms with van der Waals surface area (Å²) in [6.45, 7) is 2.96. The average molecular weight is 342 g/mol. The molecule has 5 N–H and O–H groups in total. The number of nitrogens with one attached hydrogen (secondary N) is 3. The topological polar surface area (TPSA) is 114 Å². The van der Waals surface area contributed by atoms with Gasteiger partial charge >= 0.3 is 0 Å². The van der Waals surface area contributed by atoms with E-state index in [1.807, 2.05) is 12.1 Å². The van der Waals surface area contributed by atoms with Gasteiger partial charge in [-0.2, -0.15) is 0 Å². The predicted octanol–water partition coefficient (Wildman–Crippen LogP) is 2.35. The highest BCUT2D eigenvalue weighted by Crippen LogP contribution is 2.26. The zero-order valence-electron chi connectivity index (χ0n) is 14.1. The first-order chi connectivity index (χ1) is 12.1. The fourth-order valence-corrected chi connectivity index (χ4v) is 2.63. The van der Waals surface area contributed by atoms with Crippen molar-refractivity contribution in [1.82, 2.24) is 9.97 Å². The molecule has 1 aliphatic heterocycles. The van der Waals surface area contributed by atoms with E-state index in [0.717, 1.165) is 30.8 Å². The maximum absolute atomic E-state index is 11.1. The molecule has 1 saturated heterocycles. The van der Waals surface area contributed by atoms with Crippen LogP contribution in [-0.2, 0) is 9.53 Å². The van der Waals surface area contributed by atoms with Crippen molar-refractivity contribution in [1.29, 1.82) is 0 Å². The third kappa shape index (κ3) is 4.57. The van der Waals surface area contributed by atoms with Crippen molar-refractivity contribution in [2.24, 2.45) is 0 Å². The lowest BCUT2D eigenvalue weighted by atomic mass is 10.2. The summed E-state index contributed by atoms with van der Waals surface area (Å²) in [5, 5.41) is 9.11. The summed E-state index contributed by atoms with van der Waals surface area (Å²) in [7, 11) is 0. The maximum atomic E-state index is 11.1. The van der Waals surface area contributed by atoms with Crippen LogP contribution in [0.15, 0.2) is 30.6 Å². The number of nitrogens with zero attached hydrogens (tertiary/aromatic N) is 2. The summed E-state index contributed by atoms with van der Waals surface area (Å²) in [5.74, 6) is 1.00. The van der Waals surface area contributed by atoms with Crippen molar-refractivity contribution in [3.8, 4) is 0 Å². The number of carbonyl (C=O) groups is 1. The first kappa shape index (κ1) is 17.0. The Morgan fingerprint density at radius 2 is 1.96 bits per heavy atom. The molecule has 2 aromatic rings. The first-order valence-electron chi connectivity index (χ1n) is 8.22. The summed E-state index contributed by atoms with van der Waals surface area (Å²) in [5.41, 5.74) is 8.15. The Balaban J connectivity index is 1.65. The van der Waals surface area contributed by atoms with Crippen LogP contribution in [0.25, 0.3) is 0 Å². The second-order valence-electron chi connectivity index (χ2n) is 5.88. The van der Waals surface area contributed by atoms with Crippen molar-refractivity contribution in [3.63, 3.8) is 0 Å². The lowest BCUT2D eigenvalue weighted by Gasteiger charge is -2.15. The Hall–Kier alpha value is -2.87. The molecule has 1 fully saturated rings. The first-order valence-corrected chi connectivity index (χ1v) is 8.22. The molecule has 0 bridgehead atoms. The van der Waals surface area contributed by atoms with Gasteiger partial charge in [0.05, 0.1) is 6.10 Å². The second kappa shape index (κ2) is 7.80. The third-order valence-corrected chi connectivity index (χ3v) is 3.87. The van der Waals surface area contributed by atoms with Crippen LogP contribution in [0, 0.1) is 0 Å². The quantitative estimate of drug-likeness (QED) is 0.637. The zero-order chi connectivity index (χ0) is 17.6. The molecule has 1 amide bonds. The number of carbonyl (C=O) groups excluding carboxylic acids is 1. The Kier molecular flexibility index (Phi) is 5.30. The van der Waals surface area contributed by atoms with E-state index < -0.39 is 0 Å². The van der Waals surface area contributed by atoms with Crippen molar-refractivity contribution in [2.75, 3.05) is 34.8 Å². The molecule has 25 heavy (non-hydrogen) atoms. The fraction of sp³-hybridized carbons (Fsp3) is 0.353. The van der Waals surface area contributed by atoms with Gasteiger partial charge in [-0.15, -0.1) is 0 Å². The molecule has 8 heteroatoms. The average Bonchev–Trinajstić information content (AvgIpc) is 3.10. The molecular formula is C17H22N6O2. The molecule has 1 aliphatic rings. The Morgan fingerprint density at radius 3 is 2.64 bits per heavy atom. The summed E-state index contributed by atoms with van der Waals surface area (Å²) in [6, 6.07) is 7.29. The van der Waals surface area contributed by atoms with E-state index in [4.69, 9.17) is 10.5 Å². The monoisotopic (exact) mass is 342 g/mol. The number of hydrogen-bond acceptors (Lipinski definition) is 7. The minimum atomic E-state index is -0.109.